The number of nitrogens with one attached hydrogen (secondary N) is 1. The summed E-state index contributed by atoms with van der Waals surface area (Å²) in [6.45, 7) is 10.8. The van der Waals surface area contributed by atoms with Crippen LogP contribution in [-0.4, -0.2) is 65.5 Å². The molecule has 1 unspecified atom stereocenters. The van der Waals surface area contributed by atoms with Crippen molar-refractivity contribution >= 4 is 41.7 Å². The SMILES string of the molecule is CCC1CN(C(=NC)NCc2c(C)nn(CCOC)c2C)CCS1.I. The zero-order valence-corrected chi connectivity index (χ0v) is 19.2. The number of aromatic nitrogens is 2. The number of halogens is 1. The number of aliphatic imine (C=N–C) groups is 1. The number of hydrogen-bond donors (Lipinski definition) is 1. The van der Waals surface area contributed by atoms with E-state index < -0.39 is 0 Å². The van der Waals surface area contributed by atoms with Gasteiger partial charge in [-0.25, -0.2) is 0 Å². The fourth-order valence-electron chi connectivity index (χ4n) is 3.04. The van der Waals surface area contributed by atoms with Crippen molar-refractivity contribution in [1.82, 2.24) is 20.0 Å². The average molecular weight is 481 g/mol. The average Bonchev–Trinajstić information content (AvgIpc) is 2.87. The molecule has 1 aliphatic heterocycles. The molecule has 0 aliphatic carbocycles. The monoisotopic (exact) mass is 481 g/mol. The molecule has 1 fully saturated rings. The summed E-state index contributed by atoms with van der Waals surface area (Å²) in [5.74, 6) is 2.17. The Morgan fingerprint density at radius 3 is 2.84 bits per heavy atom. The van der Waals surface area contributed by atoms with Crippen molar-refractivity contribution in [3.63, 3.8) is 0 Å². The Bertz CT molecular complexity index is 563. The Kier molecular flexibility index (Phi) is 10.2. The molecule has 144 valence electrons. The number of guanidine groups is 1. The van der Waals surface area contributed by atoms with Crippen molar-refractivity contribution < 1.29 is 4.74 Å². The molecule has 1 aromatic rings. The fraction of sp³-hybridized carbons (Fsp3) is 0.765. The standard InChI is InChI=1S/C17H31N5OS.HI/c1-6-15-12-21(8-10-24-15)17(18-4)19-11-16-13(2)20-22(14(16)3)7-9-23-5;/h15H,6-12H2,1-5H3,(H,18,19);1H. The molecule has 8 heteroatoms. The molecular weight excluding hydrogens is 449 g/mol. The number of ether oxygens (including phenoxy) is 1. The number of nitrogens with zero attached hydrogens (tertiary/aromatic N) is 4. The molecular formula is C17H32IN5OS. The molecule has 2 heterocycles. The first-order chi connectivity index (χ1) is 11.6. The summed E-state index contributed by atoms with van der Waals surface area (Å²) in [7, 11) is 3.59. The third kappa shape index (κ3) is 6.02. The molecule has 1 aliphatic rings. The Hall–Kier alpha value is -0.480. The minimum atomic E-state index is 0. The van der Waals surface area contributed by atoms with Gasteiger partial charge in [-0.15, -0.1) is 24.0 Å². The van der Waals surface area contributed by atoms with Gasteiger partial charge in [-0.2, -0.15) is 16.9 Å². The molecule has 0 bridgehead atoms. The van der Waals surface area contributed by atoms with Crippen LogP contribution in [0.2, 0.25) is 0 Å². The first kappa shape index (κ1) is 22.6. The number of rotatable bonds is 6. The van der Waals surface area contributed by atoms with E-state index >= 15 is 0 Å². The summed E-state index contributed by atoms with van der Waals surface area (Å²) >= 11 is 2.08. The quantitative estimate of drug-likeness (QED) is 0.385. The van der Waals surface area contributed by atoms with Crippen LogP contribution >= 0.6 is 35.7 Å². The third-order valence-electron chi connectivity index (χ3n) is 4.57. The topological polar surface area (TPSA) is 54.7 Å². The highest BCUT2D eigenvalue weighted by atomic mass is 127. The van der Waals surface area contributed by atoms with Crippen LogP contribution in [0.1, 0.15) is 30.3 Å². The van der Waals surface area contributed by atoms with E-state index in [9.17, 15) is 0 Å². The molecule has 2 rings (SSSR count). The highest BCUT2D eigenvalue weighted by Gasteiger charge is 2.22. The van der Waals surface area contributed by atoms with Gasteiger partial charge < -0.3 is 15.0 Å². The van der Waals surface area contributed by atoms with Gasteiger partial charge in [0.1, 0.15) is 0 Å². The number of thioether (sulfide) groups is 1. The van der Waals surface area contributed by atoms with Crippen LogP contribution in [0.3, 0.4) is 0 Å². The normalized spacial score (nSPS) is 18.2. The van der Waals surface area contributed by atoms with E-state index in [0.717, 1.165) is 37.8 Å². The lowest BCUT2D eigenvalue weighted by molar-refractivity contribution is 0.182. The Labute approximate surface area is 173 Å². The van der Waals surface area contributed by atoms with E-state index in [0.29, 0.717) is 11.9 Å². The van der Waals surface area contributed by atoms with Gasteiger partial charge >= 0.3 is 0 Å². The Balaban J connectivity index is 0.00000312. The molecule has 1 saturated heterocycles. The van der Waals surface area contributed by atoms with Crippen LogP contribution < -0.4 is 5.32 Å². The lowest BCUT2D eigenvalue weighted by atomic mass is 10.2. The Morgan fingerprint density at radius 2 is 2.20 bits per heavy atom. The Morgan fingerprint density at radius 1 is 1.44 bits per heavy atom. The summed E-state index contributed by atoms with van der Waals surface area (Å²) in [5, 5.41) is 8.87. The predicted octanol–water partition coefficient (Wildman–Crippen LogP) is 2.67. The summed E-state index contributed by atoms with van der Waals surface area (Å²) < 4.78 is 7.19. The van der Waals surface area contributed by atoms with Crippen LogP contribution in [0.5, 0.6) is 0 Å². The first-order valence-corrected chi connectivity index (χ1v) is 9.74. The van der Waals surface area contributed by atoms with E-state index in [4.69, 9.17) is 4.74 Å². The smallest absolute Gasteiger partial charge is 0.193 e. The van der Waals surface area contributed by atoms with Gasteiger partial charge in [0.15, 0.2) is 5.96 Å². The van der Waals surface area contributed by atoms with E-state index in [2.05, 4.69) is 52.8 Å². The van der Waals surface area contributed by atoms with Crippen LogP contribution in [-0.2, 0) is 17.8 Å². The van der Waals surface area contributed by atoms with E-state index in [-0.39, 0.29) is 24.0 Å². The number of aryl methyl sites for hydroxylation is 1. The van der Waals surface area contributed by atoms with Crippen molar-refractivity contribution in [3.8, 4) is 0 Å². The first-order valence-electron chi connectivity index (χ1n) is 8.69. The molecule has 25 heavy (non-hydrogen) atoms. The summed E-state index contributed by atoms with van der Waals surface area (Å²) in [4.78, 5) is 6.87. The zero-order valence-electron chi connectivity index (χ0n) is 16.0. The molecule has 1 aromatic heterocycles. The maximum atomic E-state index is 5.16. The summed E-state index contributed by atoms with van der Waals surface area (Å²) in [5.41, 5.74) is 3.53. The fourth-order valence-corrected chi connectivity index (χ4v) is 4.22. The van der Waals surface area contributed by atoms with Gasteiger partial charge in [0.05, 0.1) is 18.8 Å². The largest absolute Gasteiger partial charge is 0.383 e. The molecule has 0 spiro atoms. The van der Waals surface area contributed by atoms with Crippen molar-refractivity contribution in [2.24, 2.45) is 4.99 Å². The number of methoxy groups -OCH3 is 1. The second-order valence-electron chi connectivity index (χ2n) is 6.11. The van der Waals surface area contributed by atoms with Crippen molar-refractivity contribution in [2.75, 3.05) is 39.6 Å². The van der Waals surface area contributed by atoms with Gasteiger partial charge in [-0.1, -0.05) is 6.92 Å². The summed E-state index contributed by atoms with van der Waals surface area (Å²) in [6, 6.07) is 0. The maximum Gasteiger partial charge on any atom is 0.193 e. The van der Waals surface area contributed by atoms with Crippen LogP contribution in [0, 0.1) is 13.8 Å². The maximum absolute atomic E-state index is 5.16. The summed E-state index contributed by atoms with van der Waals surface area (Å²) in [6.07, 6.45) is 1.21. The van der Waals surface area contributed by atoms with E-state index in [1.807, 2.05) is 11.7 Å². The predicted molar refractivity (Wildman–Crippen MR) is 117 cm³/mol. The highest BCUT2D eigenvalue weighted by molar-refractivity contribution is 14.0. The van der Waals surface area contributed by atoms with Crippen LogP contribution in [0.25, 0.3) is 0 Å². The molecule has 1 atom stereocenters. The van der Waals surface area contributed by atoms with Crippen molar-refractivity contribution in [3.05, 3.63) is 17.0 Å². The van der Waals surface area contributed by atoms with Gasteiger partial charge in [-0.05, 0) is 20.3 Å². The lowest BCUT2D eigenvalue weighted by Crippen LogP contribution is -2.47. The van der Waals surface area contributed by atoms with Crippen molar-refractivity contribution in [2.45, 2.75) is 45.5 Å². The van der Waals surface area contributed by atoms with E-state index in [1.165, 1.54) is 23.4 Å². The lowest BCUT2D eigenvalue weighted by Gasteiger charge is -2.34. The molecule has 0 aromatic carbocycles. The second-order valence-corrected chi connectivity index (χ2v) is 7.52. The third-order valence-corrected chi connectivity index (χ3v) is 5.94. The van der Waals surface area contributed by atoms with Gasteiger partial charge in [0.25, 0.3) is 0 Å². The number of hydrogen-bond acceptors (Lipinski definition) is 4. The molecule has 0 saturated carbocycles. The zero-order chi connectivity index (χ0) is 17.5. The van der Waals surface area contributed by atoms with Gasteiger partial charge in [-0.3, -0.25) is 9.67 Å². The minimum absolute atomic E-state index is 0. The van der Waals surface area contributed by atoms with Gasteiger partial charge in [0.2, 0.25) is 0 Å². The van der Waals surface area contributed by atoms with Crippen LogP contribution in [0.15, 0.2) is 4.99 Å². The molecule has 0 amide bonds. The molecule has 0 radical (unpaired) electrons. The minimum Gasteiger partial charge on any atom is -0.383 e. The highest BCUT2D eigenvalue weighted by Crippen LogP contribution is 2.21. The second kappa shape index (κ2) is 11.3. The van der Waals surface area contributed by atoms with Crippen molar-refractivity contribution in [1.29, 1.82) is 0 Å². The molecule has 1 N–H and O–H groups in total. The van der Waals surface area contributed by atoms with Crippen LogP contribution in [0.4, 0.5) is 0 Å². The van der Waals surface area contributed by atoms with Gasteiger partial charge in [0, 0.05) is 56.1 Å². The molecule has 6 nitrogen and oxygen atoms in total. The van der Waals surface area contributed by atoms with E-state index in [1.54, 1.807) is 7.11 Å².